The van der Waals surface area contributed by atoms with Crippen LogP contribution in [0.4, 0.5) is 4.39 Å². The first-order chi connectivity index (χ1) is 11.3. The van der Waals surface area contributed by atoms with E-state index < -0.39 is 80.1 Å². The highest BCUT2D eigenvalue weighted by Crippen LogP contribution is 2.55. The Balaban J connectivity index is 1.84. The van der Waals surface area contributed by atoms with Gasteiger partial charge < -0.3 is 50.0 Å². The minimum absolute atomic E-state index is 0.729. The van der Waals surface area contributed by atoms with Crippen LogP contribution in [0.3, 0.4) is 0 Å². The van der Waals surface area contributed by atoms with E-state index in [0.29, 0.717) is 0 Å². The SMILES string of the molecule is OC[C@@H](O)[C@@H]1O[C@@H](O)[C@@H]2O[C@]12[C@H](F)[C@@H]1O[C@H](CO)[C@@H](O)[C@H](O)[C@H]1O. The number of hydrogen-bond donors (Lipinski definition) is 7. The Morgan fingerprint density at radius 1 is 1.00 bits per heavy atom. The van der Waals surface area contributed by atoms with Gasteiger partial charge in [-0.1, -0.05) is 0 Å². The Bertz CT molecular complexity index is 466. The molecule has 3 rings (SSSR count). The fraction of sp³-hybridized carbons (Fsp3) is 1.00. The molecule has 24 heavy (non-hydrogen) atoms. The van der Waals surface area contributed by atoms with Crippen molar-refractivity contribution >= 4 is 0 Å². The molecule has 3 fully saturated rings. The number of hydrogen-bond acceptors (Lipinski definition) is 10. The van der Waals surface area contributed by atoms with Crippen molar-refractivity contribution in [2.75, 3.05) is 13.2 Å². The van der Waals surface area contributed by atoms with Crippen LogP contribution in [0.2, 0.25) is 0 Å². The van der Waals surface area contributed by atoms with Crippen LogP contribution < -0.4 is 0 Å². The Morgan fingerprint density at radius 3 is 2.21 bits per heavy atom. The van der Waals surface area contributed by atoms with E-state index >= 15 is 4.39 Å². The Hall–Kier alpha value is -0.470. The molecule has 0 radical (unpaired) electrons. The maximum atomic E-state index is 15.1. The summed E-state index contributed by atoms with van der Waals surface area (Å²) in [5.74, 6) is 0. The summed E-state index contributed by atoms with van der Waals surface area (Å²) in [6, 6.07) is 0. The van der Waals surface area contributed by atoms with Crippen molar-refractivity contribution in [3.05, 3.63) is 0 Å². The molecule has 0 bridgehead atoms. The molecule has 0 amide bonds. The van der Waals surface area contributed by atoms with E-state index in [1.54, 1.807) is 0 Å². The summed E-state index contributed by atoms with van der Waals surface area (Å²) >= 11 is 0. The van der Waals surface area contributed by atoms with Gasteiger partial charge in [-0.15, -0.1) is 0 Å². The molecule has 0 unspecified atom stereocenters. The first-order valence-corrected chi connectivity index (χ1v) is 7.54. The van der Waals surface area contributed by atoms with Gasteiger partial charge in [0, 0.05) is 0 Å². The number of alkyl halides is 1. The monoisotopic (exact) mass is 356 g/mol. The van der Waals surface area contributed by atoms with Gasteiger partial charge in [0.25, 0.3) is 0 Å². The second-order valence-electron chi connectivity index (χ2n) is 6.28. The topological polar surface area (TPSA) is 173 Å². The van der Waals surface area contributed by atoms with Crippen LogP contribution in [-0.4, -0.2) is 116 Å². The normalized spacial score (nSPS) is 53.5. The van der Waals surface area contributed by atoms with Crippen molar-refractivity contribution in [2.45, 2.75) is 66.9 Å². The molecular weight excluding hydrogens is 335 g/mol. The Kier molecular flexibility index (Phi) is 4.85. The largest absolute Gasteiger partial charge is 0.394 e. The molecule has 10 nitrogen and oxygen atoms in total. The number of rotatable bonds is 5. The molecule has 3 heterocycles. The molecule has 0 spiro atoms. The number of aliphatic hydroxyl groups is 7. The summed E-state index contributed by atoms with van der Waals surface area (Å²) in [5.41, 5.74) is -1.88. The van der Waals surface area contributed by atoms with Crippen molar-refractivity contribution in [3.8, 4) is 0 Å². The smallest absolute Gasteiger partial charge is 0.184 e. The molecule has 7 N–H and O–H groups in total. The maximum absolute atomic E-state index is 15.1. The van der Waals surface area contributed by atoms with Gasteiger partial charge in [-0.3, -0.25) is 0 Å². The number of halogens is 1. The first-order valence-electron chi connectivity index (χ1n) is 7.54. The summed E-state index contributed by atoms with van der Waals surface area (Å²) in [6.07, 6.45) is -16.2. The number of ether oxygens (including phenoxy) is 3. The van der Waals surface area contributed by atoms with E-state index in [1.807, 2.05) is 0 Å². The van der Waals surface area contributed by atoms with E-state index in [1.165, 1.54) is 0 Å². The van der Waals surface area contributed by atoms with Gasteiger partial charge >= 0.3 is 0 Å². The average molecular weight is 356 g/mol. The molecule has 0 aliphatic carbocycles. The van der Waals surface area contributed by atoms with Crippen molar-refractivity contribution in [3.63, 3.8) is 0 Å². The highest BCUT2D eigenvalue weighted by Gasteiger charge is 2.78. The summed E-state index contributed by atoms with van der Waals surface area (Å²) < 4.78 is 30.5. The van der Waals surface area contributed by atoms with Crippen LogP contribution in [0.25, 0.3) is 0 Å². The maximum Gasteiger partial charge on any atom is 0.184 e. The van der Waals surface area contributed by atoms with Gasteiger partial charge in [0.15, 0.2) is 18.1 Å². The fourth-order valence-electron chi connectivity index (χ4n) is 3.52. The van der Waals surface area contributed by atoms with Crippen molar-refractivity contribution in [1.29, 1.82) is 0 Å². The molecule has 3 saturated heterocycles. The van der Waals surface area contributed by atoms with Gasteiger partial charge in [-0.25, -0.2) is 4.39 Å². The van der Waals surface area contributed by atoms with Crippen LogP contribution in [0, 0.1) is 0 Å². The third-order valence-electron chi connectivity index (χ3n) is 4.89. The van der Waals surface area contributed by atoms with Crippen molar-refractivity contribution < 1.29 is 54.3 Å². The third kappa shape index (κ3) is 2.48. The summed E-state index contributed by atoms with van der Waals surface area (Å²) in [4.78, 5) is 0. The molecule has 0 aromatic heterocycles. The van der Waals surface area contributed by atoms with Gasteiger partial charge in [0.05, 0.1) is 13.2 Å². The minimum atomic E-state index is -2.18. The van der Waals surface area contributed by atoms with E-state index in [0.717, 1.165) is 0 Å². The van der Waals surface area contributed by atoms with Crippen LogP contribution in [-0.2, 0) is 14.2 Å². The highest BCUT2D eigenvalue weighted by atomic mass is 19.1. The zero-order valence-corrected chi connectivity index (χ0v) is 12.4. The van der Waals surface area contributed by atoms with Crippen LogP contribution in [0.15, 0.2) is 0 Å². The summed E-state index contributed by atoms with van der Waals surface area (Å²) in [5, 5.41) is 67.2. The highest BCUT2D eigenvalue weighted by molar-refractivity contribution is 5.22. The lowest BCUT2D eigenvalue weighted by Crippen LogP contribution is -2.64. The predicted molar refractivity (Wildman–Crippen MR) is 70.2 cm³/mol. The standard InChI is InChI=1S/C13H21FO10/c14-9(8-7(20)6(19)5(18)4(2-16)22-8)13-10(3(17)1-15)23-12(21)11(13)24-13/h3-12,15-21H,1-2H2/t3-,4-,5-,6+,7-,8-,9-,10+,11+,12-,13-/m1/s1. The zero-order chi connectivity index (χ0) is 17.8. The molecule has 0 aromatic rings. The van der Waals surface area contributed by atoms with Crippen LogP contribution in [0.5, 0.6) is 0 Å². The van der Waals surface area contributed by atoms with E-state index in [4.69, 9.17) is 24.4 Å². The van der Waals surface area contributed by atoms with Gasteiger partial charge in [-0.05, 0) is 0 Å². The molecule has 140 valence electrons. The summed E-state index contributed by atoms with van der Waals surface area (Å²) in [7, 11) is 0. The Morgan fingerprint density at radius 2 is 1.67 bits per heavy atom. The molecular formula is C13H21FO10. The van der Waals surface area contributed by atoms with Gasteiger partial charge in [-0.2, -0.15) is 0 Å². The second kappa shape index (κ2) is 6.36. The lowest BCUT2D eigenvalue weighted by Gasteiger charge is -2.42. The van der Waals surface area contributed by atoms with Gasteiger partial charge in [0.1, 0.15) is 48.8 Å². The van der Waals surface area contributed by atoms with Gasteiger partial charge in [0.2, 0.25) is 0 Å². The lowest BCUT2D eigenvalue weighted by atomic mass is 9.83. The summed E-state index contributed by atoms with van der Waals surface area (Å²) in [6.45, 7) is -1.51. The Labute approximate surface area is 135 Å². The lowest BCUT2D eigenvalue weighted by molar-refractivity contribution is -0.254. The third-order valence-corrected chi connectivity index (χ3v) is 4.89. The number of epoxide rings is 1. The first kappa shape index (κ1) is 18.3. The van der Waals surface area contributed by atoms with E-state index in [-0.39, 0.29) is 0 Å². The second-order valence-corrected chi connectivity index (χ2v) is 6.28. The number of fused-ring (bicyclic) bond motifs is 1. The number of aliphatic hydroxyl groups excluding tert-OH is 7. The molecule has 0 aromatic carbocycles. The predicted octanol–water partition coefficient (Wildman–Crippen LogP) is -4.63. The average Bonchev–Trinajstić information content (AvgIpc) is 3.27. The quantitative estimate of drug-likeness (QED) is 0.238. The van der Waals surface area contributed by atoms with E-state index in [9.17, 15) is 25.5 Å². The molecule has 11 atom stereocenters. The van der Waals surface area contributed by atoms with E-state index in [2.05, 4.69) is 0 Å². The van der Waals surface area contributed by atoms with Crippen LogP contribution >= 0.6 is 0 Å². The molecule has 3 aliphatic heterocycles. The van der Waals surface area contributed by atoms with Crippen molar-refractivity contribution in [2.24, 2.45) is 0 Å². The molecule has 0 saturated carbocycles. The zero-order valence-electron chi connectivity index (χ0n) is 12.4. The molecule has 3 aliphatic rings. The van der Waals surface area contributed by atoms with Crippen molar-refractivity contribution in [1.82, 2.24) is 0 Å². The van der Waals surface area contributed by atoms with Crippen LogP contribution in [0.1, 0.15) is 0 Å². The minimum Gasteiger partial charge on any atom is -0.394 e. The molecule has 11 heteroatoms. The fourth-order valence-corrected chi connectivity index (χ4v) is 3.52.